The molecule has 1 saturated heterocycles. The third kappa shape index (κ3) is 4.79. The van der Waals surface area contributed by atoms with E-state index in [1.54, 1.807) is 6.07 Å². The summed E-state index contributed by atoms with van der Waals surface area (Å²) in [6.45, 7) is 0.788. The van der Waals surface area contributed by atoms with E-state index in [1.165, 1.54) is 23.5 Å². The second-order valence-electron chi connectivity index (χ2n) is 7.44. The average molecular weight is 432 g/mol. The number of pyridine rings is 1. The van der Waals surface area contributed by atoms with Crippen LogP contribution in [0.15, 0.2) is 24.7 Å². The molecule has 162 valence electrons. The van der Waals surface area contributed by atoms with Crippen molar-refractivity contribution in [3.05, 3.63) is 30.4 Å². The lowest BCUT2D eigenvalue weighted by Gasteiger charge is -2.31. The van der Waals surface area contributed by atoms with Crippen LogP contribution in [0.3, 0.4) is 0 Å². The predicted molar refractivity (Wildman–Crippen MR) is 112 cm³/mol. The van der Waals surface area contributed by atoms with Gasteiger partial charge in [0.25, 0.3) is 0 Å². The molecule has 11 nitrogen and oxygen atoms in total. The SMILES string of the molecule is N#Cc1ncc(-c2cnc(NC(=O)C3CC3)cn2)cc1NCC(=O)N1CCOCC1C#N. The molecule has 1 unspecified atom stereocenters. The summed E-state index contributed by atoms with van der Waals surface area (Å²) in [5.74, 6) is 0.108. The van der Waals surface area contributed by atoms with Crippen molar-refractivity contribution in [3.8, 4) is 23.4 Å². The molecule has 11 heteroatoms. The van der Waals surface area contributed by atoms with Gasteiger partial charge < -0.3 is 20.3 Å². The molecule has 2 aliphatic rings. The summed E-state index contributed by atoms with van der Waals surface area (Å²) in [4.78, 5) is 38.5. The highest BCUT2D eigenvalue weighted by molar-refractivity contribution is 5.93. The Morgan fingerprint density at radius 2 is 2.03 bits per heavy atom. The molecule has 2 aromatic heterocycles. The van der Waals surface area contributed by atoms with Crippen LogP contribution in [0.1, 0.15) is 18.5 Å². The first-order valence-electron chi connectivity index (χ1n) is 10.1. The number of ether oxygens (including phenoxy) is 1. The Morgan fingerprint density at radius 1 is 1.19 bits per heavy atom. The first-order valence-corrected chi connectivity index (χ1v) is 10.1. The number of hydrogen-bond donors (Lipinski definition) is 2. The van der Waals surface area contributed by atoms with Gasteiger partial charge in [0.05, 0.1) is 49.6 Å². The number of amides is 2. The lowest BCUT2D eigenvalue weighted by molar-refractivity contribution is -0.135. The van der Waals surface area contributed by atoms with Gasteiger partial charge in [-0.2, -0.15) is 10.5 Å². The smallest absolute Gasteiger partial charge is 0.243 e. The van der Waals surface area contributed by atoms with Gasteiger partial charge in [-0.25, -0.2) is 9.97 Å². The number of carbonyl (C=O) groups excluding carboxylic acids is 2. The van der Waals surface area contributed by atoms with Gasteiger partial charge in [-0.3, -0.25) is 14.6 Å². The maximum atomic E-state index is 12.6. The lowest BCUT2D eigenvalue weighted by atomic mass is 10.1. The number of nitrogens with zero attached hydrogens (tertiary/aromatic N) is 6. The monoisotopic (exact) mass is 432 g/mol. The van der Waals surface area contributed by atoms with E-state index in [1.807, 2.05) is 6.07 Å². The highest BCUT2D eigenvalue weighted by atomic mass is 16.5. The highest BCUT2D eigenvalue weighted by Crippen LogP contribution is 2.30. The van der Waals surface area contributed by atoms with Gasteiger partial charge in [0.2, 0.25) is 11.8 Å². The fraction of sp³-hybridized carbons (Fsp3) is 0.381. The van der Waals surface area contributed by atoms with Gasteiger partial charge in [-0.1, -0.05) is 0 Å². The molecule has 1 aliphatic heterocycles. The second kappa shape index (κ2) is 9.37. The molecule has 2 N–H and O–H groups in total. The Kier molecular flexibility index (Phi) is 6.19. The molecule has 2 amide bonds. The van der Waals surface area contributed by atoms with Gasteiger partial charge in [0.15, 0.2) is 11.5 Å². The van der Waals surface area contributed by atoms with Crippen molar-refractivity contribution in [2.45, 2.75) is 18.9 Å². The van der Waals surface area contributed by atoms with E-state index in [9.17, 15) is 20.1 Å². The quantitative estimate of drug-likeness (QED) is 0.677. The third-order valence-electron chi connectivity index (χ3n) is 5.17. The van der Waals surface area contributed by atoms with Gasteiger partial charge in [-0.15, -0.1) is 0 Å². The number of carbonyl (C=O) groups is 2. The van der Waals surface area contributed by atoms with Crippen molar-refractivity contribution < 1.29 is 14.3 Å². The highest BCUT2D eigenvalue weighted by Gasteiger charge is 2.30. The van der Waals surface area contributed by atoms with Gasteiger partial charge in [0, 0.05) is 24.2 Å². The Morgan fingerprint density at radius 3 is 2.72 bits per heavy atom. The van der Waals surface area contributed by atoms with E-state index in [-0.39, 0.29) is 36.6 Å². The van der Waals surface area contributed by atoms with E-state index in [0.29, 0.717) is 35.9 Å². The topological polar surface area (TPSA) is 157 Å². The summed E-state index contributed by atoms with van der Waals surface area (Å²) in [6.07, 6.45) is 6.26. The zero-order valence-electron chi connectivity index (χ0n) is 17.1. The van der Waals surface area contributed by atoms with E-state index in [0.717, 1.165) is 12.8 Å². The molecule has 1 aliphatic carbocycles. The van der Waals surface area contributed by atoms with Crippen LogP contribution in [0.25, 0.3) is 11.3 Å². The molecule has 1 saturated carbocycles. The summed E-state index contributed by atoms with van der Waals surface area (Å²) in [5.41, 5.74) is 1.58. The number of morpholine rings is 1. The van der Waals surface area contributed by atoms with Gasteiger partial charge in [-0.05, 0) is 18.9 Å². The number of rotatable bonds is 6. The predicted octanol–water partition coefficient (Wildman–Crippen LogP) is 0.922. The zero-order valence-corrected chi connectivity index (χ0v) is 17.1. The largest absolute Gasteiger partial charge is 0.376 e. The number of nitrogens with one attached hydrogen (secondary N) is 2. The van der Waals surface area contributed by atoms with Crippen LogP contribution in [-0.2, 0) is 14.3 Å². The van der Waals surface area contributed by atoms with Crippen LogP contribution in [0.5, 0.6) is 0 Å². The maximum absolute atomic E-state index is 12.6. The zero-order chi connectivity index (χ0) is 22.5. The molecule has 0 bridgehead atoms. The first-order chi connectivity index (χ1) is 15.6. The number of aromatic nitrogens is 3. The minimum Gasteiger partial charge on any atom is -0.376 e. The van der Waals surface area contributed by atoms with Gasteiger partial charge >= 0.3 is 0 Å². The van der Waals surface area contributed by atoms with Crippen molar-refractivity contribution >= 4 is 23.3 Å². The standard InChI is InChI=1S/C21H20N8O3/c22-6-15-12-32-4-3-29(15)20(30)11-26-16-5-14(8-24-17(16)7-23)18-9-27-19(10-25-18)28-21(31)13-1-2-13/h5,8-10,13,15,26H,1-4,11-12H2,(H,27,28,31). The minimum absolute atomic E-state index is 0.0536. The summed E-state index contributed by atoms with van der Waals surface area (Å²) < 4.78 is 5.24. The summed E-state index contributed by atoms with van der Waals surface area (Å²) in [7, 11) is 0. The van der Waals surface area contributed by atoms with Gasteiger partial charge in [0.1, 0.15) is 12.1 Å². The molecule has 2 aromatic rings. The van der Waals surface area contributed by atoms with Crippen LogP contribution in [0, 0.1) is 28.6 Å². The molecular weight excluding hydrogens is 412 g/mol. The van der Waals surface area contributed by atoms with E-state index in [2.05, 4.69) is 31.7 Å². The van der Waals surface area contributed by atoms with Crippen molar-refractivity contribution in [1.82, 2.24) is 19.9 Å². The maximum Gasteiger partial charge on any atom is 0.243 e. The number of hydrogen-bond acceptors (Lipinski definition) is 9. The van der Waals surface area contributed by atoms with Crippen molar-refractivity contribution in [2.75, 3.05) is 36.9 Å². The Balaban J connectivity index is 1.45. The molecule has 3 heterocycles. The molecule has 0 spiro atoms. The minimum atomic E-state index is -0.632. The molecule has 32 heavy (non-hydrogen) atoms. The number of anilines is 2. The van der Waals surface area contributed by atoms with Crippen LogP contribution in [-0.4, -0.2) is 64.0 Å². The van der Waals surface area contributed by atoms with Crippen molar-refractivity contribution in [1.29, 1.82) is 10.5 Å². The summed E-state index contributed by atoms with van der Waals surface area (Å²) >= 11 is 0. The van der Waals surface area contributed by atoms with Crippen molar-refractivity contribution in [3.63, 3.8) is 0 Å². The van der Waals surface area contributed by atoms with Crippen LogP contribution >= 0.6 is 0 Å². The fourth-order valence-corrected chi connectivity index (χ4v) is 3.23. The van der Waals surface area contributed by atoms with Crippen molar-refractivity contribution in [2.24, 2.45) is 5.92 Å². The van der Waals surface area contributed by atoms with Crippen LogP contribution < -0.4 is 10.6 Å². The van der Waals surface area contributed by atoms with E-state index >= 15 is 0 Å². The Bertz CT molecular complexity index is 1100. The Labute approximate surface area is 184 Å². The molecule has 4 rings (SSSR count). The fourth-order valence-electron chi connectivity index (χ4n) is 3.23. The molecule has 0 radical (unpaired) electrons. The molecule has 1 atom stereocenters. The number of nitriles is 2. The first kappa shape index (κ1) is 21.2. The van der Waals surface area contributed by atoms with Crippen LogP contribution in [0.4, 0.5) is 11.5 Å². The average Bonchev–Trinajstić information content (AvgIpc) is 3.68. The summed E-state index contributed by atoms with van der Waals surface area (Å²) in [5, 5.41) is 24.2. The summed E-state index contributed by atoms with van der Waals surface area (Å²) in [6, 6.07) is 5.08. The molecule has 2 fully saturated rings. The van der Waals surface area contributed by atoms with E-state index in [4.69, 9.17) is 4.74 Å². The molecule has 0 aromatic carbocycles. The second-order valence-corrected chi connectivity index (χ2v) is 7.44. The van der Waals surface area contributed by atoms with E-state index < -0.39 is 6.04 Å². The van der Waals surface area contributed by atoms with Crippen LogP contribution in [0.2, 0.25) is 0 Å². The Hall–Kier alpha value is -4.09. The third-order valence-corrected chi connectivity index (χ3v) is 5.17. The normalized spacial score (nSPS) is 17.7. The lowest BCUT2D eigenvalue weighted by Crippen LogP contribution is -2.49. The molecular formula is C21H20N8O3.